The molecule has 0 spiro atoms. The van der Waals surface area contributed by atoms with Crippen LogP contribution in [-0.2, 0) is 11.3 Å². The minimum absolute atomic E-state index is 0.0678. The van der Waals surface area contributed by atoms with E-state index < -0.39 is 5.54 Å². The molecule has 0 aromatic heterocycles. The number of hydrogen-bond donors (Lipinski definition) is 2. The Bertz CT molecular complexity index is 524. The number of rotatable bonds is 3. The van der Waals surface area contributed by atoms with Crippen LogP contribution in [0.1, 0.15) is 24.0 Å². The number of fused-ring (bicyclic) bond motifs is 1. The number of nitrogens with one attached hydrogen (secondary N) is 1. The van der Waals surface area contributed by atoms with Crippen molar-refractivity contribution in [1.82, 2.24) is 5.32 Å². The highest BCUT2D eigenvalue weighted by molar-refractivity contribution is 5.88. The molecule has 1 aliphatic heterocycles. The SMILES string of the molecule is Cc1cc2c(cc1CNC(=O)C1(N)CC1)OCCO2. The average Bonchev–Trinajstić information content (AvgIpc) is 3.15. The third-order valence-electron chi connectivity index (χ3n) is 3.68. The molecule has 1 aromatic carbocycles. The van der Waals surface area contributed by atoms with Crippen LogP contribution in [0.5, 0.6) is 11.5 Å². The first-order valence-corrected chi connectivity index (χ1v) is 6.55. The molecule has 5 nitrogen and oxygen atoms in total. The fraction of sp³-hybridized carbons (Fsp3) is 0.500. The summed E-state index contributed by atoms with van der Waals surface area (Å²) < 4.78 is 11.1. The van der Waals surface area contributed by atoms with Crippen LogP contribution in [0.2, 0.25) is 0 Å². The standard InChI is InChI=1S/C14H18N2O3/c1-9-6-11-12(19-5-4-18-11)7-10(9)8-16-13(17)14(15)2-3-14/h6-7H,2-5,8,15H2,1H3,(H,16,17). The number of aryl methyl sites for hydroxylation is 1. The van der Waals surface area contributed by atoms with Crippen LogP contribution in [0.25, 0.3) is 0 Å². The van der Waals surface area contributed by atoms with Gasteiger partial charge in [-0.2, -0.15) is 0 Å². The van der Waals surface area contributed by atoms with Gasteiger partial charge in [-0.25, -0.2) is 0 Å². The van der Waals surface area contributed by atoms with E-state index in [4.69, 9.17) is 15.2 Å². The zero-order valence-corrected chi connectivity index (χ0v) is 11.0. The van der Waals surface area contributed by atoms with Crippen molar-refractivity contribution in [3.63, 3.8) is 0 Å². The summed E-state index contributed by atoms with van der Waals surface area (Å²) in [5.74, 6) is 1.45. The first-order valence-electron chi connectivity index (χ1n) is 6.55. The number of ether oxygens (including phenoxy) is 2. The number of carbonyl (C=O) groups excluding carboxylic acids is 1. The lowest BCUT2D eigenvalue weighted by molar-refractivity contribution is -0.123. The molecule has 1 heterocycles. The molecule has 1 aliphatic carbocycles. The zero-order chi connectivity index (χ0) is 13.5. The largest absolute Gasteiger partial charge is 0.486 e. The Morgan fingerprint density at radius 1 is 1.32 bits per heavy atom. The van der Waals surface area contributed by atoms with E-state index in [0.29, 0.717) is 19.8 Å². The predicted molar refractivity (Wildman–Crippen MR) is 70.2 cm³/mol. The summed E-state index contributed by atoms with van der Waals surface area (Å²) in [5.41, 5.74) is 7.33. The number of benzene rings is 1. The van der Waals surface area contributed by atoms with Crippen molar-refractivity contribution in [1.29, 1.82) is 0 Å². The van der Waals surface area contributed by atoms with Crippen LogP contribution >= 0.6 is 0 Å². The second kappa shape index (κ2) is 4.42. The molecule has 0 bridgehead atoms. The Morgan fingerprint density at radius 3 is 2.58 bits per heavy atom. The molecule has 0 atom stereocenters. The maximum absolute atomic E-state index is 11.8. The number of amides is 1. The lowest BCUT2D eigenvalue weighted by Gasteiger charge is -2.20. The monoisotopic (exact) mass is 262 g/mol. The molecule has 1 saturated carbocycles. The van der Waals surface area contributed by atoms with E-state index in [0.717, 1.165) is 35.5 Å². The molecular weight excluding hydrogens is 244 g/mol. The van der Waals surface area contributed by atoms with E-state index in [1.165, 1.54) is 0 Å². The lowest BCUT2D eigenvalue weighted by atomic mass is 10.1. The molecule has 1 amide bonds. The summed E-state index contributed by atoms with van der Waals surface area (Å²) in [5, 5.41) is 2.89. The quantitative estimate of drug-likeness (QED) is 0.848. The normalized spacial score (nSPS) is 18.8. The molecule has 3 rings (SSSR count). The van der Waals surface area contributed by atoms with Crippen molar-refractivity contribution in [2.45, 2.75) is 31.8 Å². The van der Waals surface area contributed by atoms with E-state index >= 15 is 0 Å². The van der Waals surface area contributed by atoms with Crippen molar-refractivity contribution in [3.8, 4) is 11.5 Å². The summed E-state index contributed by atoms with van der Waals surface area (Å²) in [7, 11) is 0. The number of carbonyl (C=O) groups is 1. The molecule has 1 fully saturated rings. The van der Waals surface area contributed by atoms with Crippen LogP contribution in [0.4, 0.5) is 0 Å². The maximum atomic E-state index is 11.8. The summed E-state index contributed by atoms with van der Waals surface area (Å²) >= 11 is 0. The predicted octanol–water partition coefficient (Wildman–Crippen LogP) is 0.874. The van der Waals surface area contributed by atoms with Gasteiger partial charge in [0.25, 0.3) is 0 Å². The lowest BCUT2D eigenvalue weighted by Crippen LogP contribution is -2.42. The Kier molecular flexibility index (Phi) is 2.86. The molecule has 102 valence electrons. The Labute approximate surface area is 112 Å². The fourth-order valence-corrected chi connectivity index (χ4v) is 2.14. The van der Waals surface area contributed by atoms with Crippen LogP contribution in [0, 0.1) is 6.92 Å². The van der Waals surface area contributed by atoms with Gasteiger partial charge < -0.3 is 20.5 Å². The van der Waals surface area contributed by atoms with Gasteiger partial charge in [0, 0.05) is 6.54 Å². The summed E-state index contributed by atoms with van der Waals surface area (Å²) in [4.78, 5) is 11.8. The van der Waals surface area contributed by atoms with E-state index in [1.807, 2.05) is 19.1 Å². The van der Waals surface area contributed by atoms with Gasteiger partial charge in [0.1, 0.15) is 13.2 Å². The second-order valence-electron chi connectivity index (χ2n) is 5.26. The third-order valence-corrected chi connectivity index (χ3v) is 3.68. The van der Waals surface area contributed by atoms with E-state index in [2.05, 4.69) is 5.32 Å². The molecular formula is C14H18N2O3. The van der Waals surface area contributed by atoms with Gasteiger partial charge in [-0.05, 0) is 43.0 Å². The first kappa shape index (κ1) is 12.3. The van der Waals surface area contributed by atoms with Gasteiger partial charge in [0.05, 0.1) is 5.54 Å². The third kappa shape index (κ3) is 2.38. The van der Waals surface area contributed by atoms with Crippen LogP contribution in [0.3, 0.4) is 0 Å². The Morgan fingerprint density at radius 2 is 1.95 bits per heavy atom. The highest BCUT2D eigenvalue weighted by atomic mass is 16.6. The van der Waals surface area contributed by atoms with E-state index in [9.17, 15) is 4.79 Å². The maximum Gasteiger partial charge on any atom is 0.240 e. The molecule has 0 unspecified atom stereocenters. The minimum Gasteiger partial charge on any atom is -0.486 e. The highest BCUT2D eigenvalue weighted by Crippen LogP contribution is 2.34. The molecule has 0 saturated heterocycles. The van der Waals surface area contributed by atoms with Gasteiger partial charge >= 0.3 is 0 Å². The molecule has 19 heavy (non-hydrogen) atoms. The van der Waals surface area contributed by atoms with E-state index in [1.54, 1.807) is 0 Å². The van der Waals surface area contributed by atoms with Crippen LogP contribution in [0.15, 0.2) is 12.1 Å². The Balaban J connectivity index is 1.72. The molecule has 0 radical (unpaired) electrons. The minimum atomic E-state index is -0.623. The summed E-state index contributed by atoms with van der Waals surface area (Å²) in [6, 6.07) is 3.88. The van der Waals surface area contributed by atoms with Gasteiger partial charge in [-0.15, -0.1) is 0 Å². The highest BCUT2D eigenvalue weighted by Gasteiger charge is 2.45. The first-order chi connectivity index (χ1) is 9.08. The van der Waals surface area contributed by atoms with Crippen LogP contribution in [-0.4, -0.2) is 24.7 Å². The van der Waals surface area contributed by atoms with Crippen molar-refractivity contribution >= 4 is 5.91 Å². The summed E-state index contributed by atoms with van der Waals surface area (Å²) in [6.45, 7) is 3.61. The summed E-state index contributed by atoms with van der Waals surface area (Å²) in [6.07, 6.45) is 1.55. The average molecular weight is 262 g/mol. The molecule has 2 aliphatic rings. The van der Waals surface area contributed by atoms with Gasteiger partial charge in [0.15, 0.2) is 11.5 Å². The van der Waals surface area contributed by atoms with Crippen molar-refractivity contribution < 1.29 is 14.3 Å². The second-order valence-corrected chi connectivity index (χ2v) is 5.26. The van der Waals surface area contributed by atoms with Gasteiger partial charge in [0.2, 0.25) is 5.91 Å². The fourth-order valence-electron chi connectivity index (χ4n) is 2.14. The van der Waals surface area contributed by atoms with Crippen molar-refractivity contribution in [2.24, 2.45) is 5.73 Å². The van der Waals surface area contributed by atoms with Gasteiger partial charge in [-0.1, -0.05) is 0 Å². The van der Waals surface area contributed by atoms with Crippen LogP contribution < -0.4 is 20.5 Å². The molecule has 3 N–H and O–H groups in total. The molecule has 5 heteroatoms. The zero-order valence-electron chi connectivity index (χ0n) is 11.0. The number of hydrogen-bond acceptors (Lipinski definition) is 4. The van der Waals surface area contributed by atoms with Crippen molar-refractivity contribution in [3.05, 3.63) is 23.3 Å². The molecule has 1 aromatic rings. The van der Waals surface area contributed by atoms with E-state index in [-0.39, 0.29) is 5.91 Å². The van der Waals surface area contributed by atoms with Crippen molar-refractivity contribution in [2.75, 3.05) is 13.2 Å². The Hall–Kier alpha value is -1.75. The van der Waals surface area contributed by atoms with Gasteiger partial charge in [-0.3, -0.25) is 4.79 Å². The smallest absolute Gasteiger partial charge is 0.240 e. The number of nitrogens with two attached hydrogens (primary N) is 1. The topological polar surface area (TPSA) is 73.6 Å².